The van der Waals surface area contributed by atoms with Gasteiger partial charge in [-0.2, -0.15) is 0 Å². The molecule has 55 heavy (non-hydrogen) atoms. The molecule has 5 nitrogen and oxygen atoms in total. The third-order valence-corrected chi connectivity index (χ3v) is 12.2. The van der Waals surface area contributed by atoms with E-state index in [1.807, 2.05) is 30.5 Å². The number of fused-ring (bicyclic) bond motifs is 6. The maximum Gasteiger partial charge on any atom is 0.124 e. The molecule has 0 atom stereocenters. The molecule has 0 saturated heterocycles. The Hall–Kier alpha value is -6.80. The number of benzene rings is 7. The van der Waals surface area contributed by atoms with Gasteiger partial charge in [0.2, 0.25) is 0 Å². The topological polar surface area (TPSA) is 54.8 Å². The van der Waals surface area contributed by atoms with Crippen LogP contribution in [0.3, 0.4) is 0 Å². The second-order valence-electron chi connectivity index (χ2n) is 13.5. The van der Waals surface area contributed by atoms with Gasteiger partial charge in [-0.15, -0.1) is 22.7 Å². The van der Waals surface area contributed by atoms with Gasteiger partial charge in [-0.25, -0.2) is 9.97 Å². The summed E-state index contributed by atoms with van der Waals surface area (Å²) in [7, 11) is 0. The van der Waals surface area contributed by atoms with Crippen LogP contribution in [0.15, 0.2) is 176 Å². The maximum absolute atomic E-state index is 9.25. The van der Waals surface area contributed by atoms with Gasteiger partial charge in [-0.3, -0.25) is 9.97 Å². The number of aromatic nitrogens is 4. The van der Waals surface area contributed by atoms with Crippen molar-refractivity contribution >= 4 is 92.7 Å². The van der Waals surface area contributed by atoms with Gasteiger partial charge in [0.1, 0.15) is 10.0 Å². The van der Waals surface area contributed by atoms with Crippen molar-refractivity contribution in [1.82, 2.24) is 19.9 Å². The molecule has 0 spiro atoms. The van der Waals surface area contributed by atoms with Crippen LogP contribution in [0.1, 0.15) is 1.37 Å². The van der Waals surface area contributed by atoms with Crippen molar-refractivity contribution in [3.63, 3.8) is 0 Å². The first-order valence-corrected chi connectivity index (χ1v) is 19.7. The molecule has 0 amide bonds. The van der Waals surface area contributed by atoms with Gasteiger partial charge < -0.3 is 4.90 Å². The number of pyridine rings is 2. The van der Waals surface area contributed by atoms with Crippen molar-refractivity contribution in [3.05, 3.63) is 176 Å². The summed E-state index contributed by atoms with van der Waals surface area (Å²) in [6.45, 7) is 0. The first kappa shape index (κ1) is 30.6. The molecule has 7 heteroatoms. The molecule has 0 aliphatic carbocycles. The molecular weight excluding hydrogens is 711 g/mol. The molecule has 0 bridgehead atoms. The third-order valence-electron chi connectivity index (χ3n) is 10.1. The highest BCUT2D eigenvalue weighted by atomic mass is 32.1. The van der Waals surface area contributed by atoms with E-state index in [2.05, 4.69) is 143 Å². The molecule has 7 aromatic carbocycles. The van der Waals surface area contributed by atoms with Crippen LogP contribution in [0.2, 0.25) is 0 Å². The van der Waals surface area contributed by atoms with Crippen LogP contribution >= 0.6 is 22.7 Å². The van der Waals surface area contributed by atoms with Gasteiger partial charge in [0, 0.05) is 56.9 Å². The Balaban J connectivity index is 0.986. The van der Waals surface area contributed by atoms with Crippen molar-refractivity contribution in [2.45, 2.75) is 0 Å². The van der Waals surface area contributed by atoms with Gasteiger partial charge in [0.15, 0.2) is 0 Å². The van der Waals surface area contributed by atoms with E-state index in [-0.39, 0.29) is 0 Å². The van der Waals surface area contributed by atoms with Crippen LogP contribution in [-0.4, -0.2) is 19.9 Å². The number of para-hydroxylation sites is 2. The van der Waals surface area contributed by atoms with E-state index >= 15 is 0 Å². The zero-order valence-electron chi connectivity index (χ0n) is 30.2. The minimum Gasteiger partial charge on any atom is -0.310 e. The van der Waals surface area contributed by atoms with Crippen LogP contribution < -0.4 is 4.90 Å². The average molecular weight is 741 g/mol. The smallest absolute Gasteiger partial charge is 0.124 e. The molecule has 0 N–H and O–H groups in total. The van der Waals surface area contributed by atoms with Gasteiger partial charge in [0.05, 0.1) is 32.8 Å². The lowest BCUT2D eigenvalue weighted by atomic mass is 10.00. The van der Waals surface area contributed by atoms with E-state index in [0.717, 1.165) is 92.9 Å². The highest BCUT2D eigenvalue weighted by Gasteiger charge is 2.16. The summed E-state index contributed by atoms with van der Waals surface area (Å²) in [5, 5.41) is 5.95. The predicted octanol–water partition coefficient (Wildman–Crippen LogP) is 13.6. The Bertz CT molecular complexity index is 3100. The maximum atomic E-state index is 9.25. The Labute approximate surface area is 325 Å². The van der Waals surface area contributed by atoms with Crippen LogP contribution in [0.5, 0.6) is 0 Å². The van der Waals surface area contributed by atoms with Gasteiger partial charge >= 0.3 is 0 Å². The number of hydrogen-bond donors (Lipinski definition) is 0. The highest BCUT2D eigenvalue weighted by molar-refractivity contribution is 7.22. The molecule has 0 fully saturated rings. The summed E-state index contributed by atoms with van der Waals surface area (Å²) in [6, 6.07) is 55.0. The summed E-state index contributed by atoms with van der Waals surface area (Å²) in [4.78, 5) is 21.5. The van der Waals surface area contributed by atoms with E-state index in [1.54, 1.807) is 28.9 Å². The monoisotopic (exact) mass is 740 g/mol. The Morgan fingerprint density at radius 3 is 1.69 bits per heavy atom. The van der Waals surface area contributed by atoms with Crippen molar-refractivity contribution in [3.8, 4) is 32.3 Å². The van der Waals surface area contributed by atoms with E-state index < -0.39 is 0 Å². The van der Waals surface area contributed by atoms with Crippen LogP contribution in [0.4, 0.5) is 17.1 Å². The van der Waals surface area contributed by atoms with Gasteiger partial charge in [-0.05, 0) is 119 Å². The molecule has 11 rings (SSSR count). The zero-order chi connectivity index (χ0) is 37.2. The lowest BCUT2D eigenvalue weighted by Crippen LogP contribution is -2.09. The molecular formula is C48H29N5S2. The van der Waals surface area contributed by atoms with Gasteiger partial charge in [-0.1, -0.05) is 60.6 Å². The van der Waals surface area contributed by atoms with E-state index in [4.69, 9.17) is 15.0 Å². The number of hydrogen-bond acceptors (Lipinski definition) is 7. The normalized spacial score (nSPS) is 11.9. The molecule has 0 aliphatic heterocycles. The summed E-state index contributed by atoms with van der Waals surface area (Å²) in [5.74, 6) is 0. The molecule has 0 unspecified atom stereocenters. The number of nitrogens with zero attached hydrogens (tertiary/aromatic N) is 5. The minimum atomic E-state index is 0.456. The summed E-state index contributed by atoms with van der Waals surface area (Å²) in [6.07, 6.45) is 3.70. The second-order valence-corrected chi connectivity index (χ2v) is 15.6. The van der Waals surface area contributed by atoms with E-state index in [9.17, 15) is 1.37 Å². The quantitative estimate of drug-likeness (QED) is 0.159. The SMILES string of the molecule is [2H]c1cc(-c2cnc3c(ccc4cccnc43)c2)cc2ccc(N(c3ccc(-c4nc5ccccc5s4)cc3)c3ccc(-c4nc5ccccc5s4)cc3)cc12. The van der Waals surface area contributed by atoms with Crippen molar-refractivity contribution in [2.24, 2.45) is 0 Å². The number of thiazole rings is 2. The molecule has 0 aliphatic rings. The summed E-state index contributed by atoms with van der Waals surface area (Å²) >= 11 is 3.41. The van der Waals surface area contributed by atoms with E-state index in [1.165, 1.54) is 9.40 Å². The highest BCUT2D eigenvalue weighted by Crippen LogP contribution is 2.40. The zero-order valence-corrected chi connectivity index (χ0v) is 30.9. The van der Waals surface area contributed by atoms with Crippen LogP contribution in [-0.2, 0) is 0 Å². The lowest BCUT2D eigenvalue weighted by Gasteiger charge is -2.26. The lowest BCUT2D eigenvalue weighted by molar-refractivity contribution is 1.29. The van der Waals surface area contributed by atoms with Crippen LogP contribution in [0, 0.1) is 0 Å². The van der Waals surface area contributed by atoms with Crippen LogP contribution in [0.25, 0.3) is 85.3 Å². The predicted molar refractivity (Wildman–Crippen MR) is 232 cm³/mol. The molecule has 4 aromatic heterocycles. The first-order valence-electron chi connectivity index (χ1n) is 18.5. The number of rotatable bonds is 6. The Kier molecular flexibility index (Phi) is 7.21. The Morgan fingerprint density at radius 2 is 1.02 bits per heavy atom. The first-order chi connectivity index (χ1) is 27.6. The standard InChI is InChI=1S/C48H29N5S2/c1-3-9-43-41(7-1)51-47(54-43)31-15-20-38(21-16-31)53(39-22-17-32(18-23-39)48-52-42-8-2-4-10-44(42)55-48)40-24-19-33-26-34(12-13-35(33)28-40)37-27-36-14-11-30-6-5-25-49-45(30)46(36)50-29-37/h1-29H/i13D. The van der Waals surface area contributed by atoms with Crippen molar-refractivity contribution in [1.29, 1.82) is 0 Å². The number of anilines is 3. The summed E-state index contributed by atoms with van der Waals surface area (Å²) < 4.78 is 11.6. The fraction of sp³-hybridized carbons (Fsp3) is 0. The fourth-order valence-electron chi connectivity index (χ4n) is 7.30. The minimum absolute atomic E-state index is 0.456. The van der Waals surface area contributed by atoms with Crippen molar-refractivity contribution < 1.29 is 1.37 Å². The Morgan fingerprint density at radius 1 is 0.436 bits per heavy atom. The van der Waals surface area contributed by atoms with Gasteiger partial charge in [0.25, 0.3) is 0 Å². The summed E-state index contributed by atoms with van der Waals surface area (Å²) in [5.41, 5.74) is 10.9. The largest absolute Gasteiger partial charge is 0.310 e. The van der Waals surface area contributed by atoms with E-state index in [0.29, 0.717) is 6.04 Å². The molecule has 258 valence electrons. The molecule has 4 heterocycles. The fourth-order valence-corrected chi connectivity index (χ4v) is 9.25. The van der Waals surface area contributed by atoms with Crippen molar-refractivity contribution in [2.75, 3.05) is 4.90 Å². The molecule has 0 radical (unpaired) electrons. The average Bonchev–Trinajstić information content (AvgIpc) is 3.89. The third kappa shape index (κ3) is 5.69. The second kappa shape index (κ2) is 13.0. The molecule has 11 aromatic rings. The molecule has 0 saturated carbocycles.